The minimum Gasteiger partial charge on any atom is -0.497 e. The molecule has 0 saturated heterocycles. The summed E-state index contributed by atoms with van der Waals surface area (Å²) in [6, 6.07) is 16.5. The van der Waals surface area contributed by atoms with Crippen LogP contribution in [0.5, 0.6) is 11.5 Å². The monoisotopic (exact) mass is 347 g/mol. The van der Waals surface area contributed by atoms with Gasteiger partial charge in [0, 0.05) is 17.8 Å². The molecule has 0 aliphatic rings. The summed E-state index contributed by atoms with van der Waals surface area (Å²) < 4.78 is 10.6. The Morgan fingerprint density at radius 3 is 2.46 bits per heavy atom. The molecule has 3 aromatic rings. The molecule has 7 nitrogen and oxygen atoms in total. The van der Waals surface area contributed by atoms with Gasteiger partial charge in [0.05, 0.1) is 31.5 Å². The van der Waals surface area contributed by atoms with Gasteiger partial charge in [0.1, 0.15) is 29.5 Å². The Labute approximate surface area is 151 Å². The maximum atomic E-state index is 8.99. The Balaban J connectivity index is 1.82. The van der Waals surface area contributed by atoms with Crippen LogP contribution < -0.4 is 20.1 Å². The van der Waals surface area contributed by atoms with E-state index in [1.54, 1.807) is 32.4 Å². The van der Waals surface area contributed by atoms with Crippen LogP contribution >= 0.6 is 0 Å². The van der Waals surface area contributed by atoms with Crippen molar-refractivity contribution < 1.29 is 9.47 Å². The fraction of sp³-hybridized carbons (Fsp3) is 0.105. The van der Waals surface area contributed by atoms with Crippen molar-refractivity contribution in [3.8, 4) is 17.6 Å². The Hall–Kier alpha value is -3.79. The predicted molar refractivity (Wildman–Crippen MR) is 99.3 cm³/mol. The Bertz CT molecular complexity index is 953. The van der Waals surface area contributed by atoms with Gasteiger partial charge in [0.15, 0.2) is 0 Å². The average Bonchev–Trinajstić information content (AvgIpc) is 2.68. The molecule has 0 amide bonds. The standard InChI is InChI=1S/C19H17N5O2/c1-25-15-6-7-17(26-2)16(9-15)24-19-10-18(21-12-22-19)23-14-5-3-4-13(8-14)11-20/h3-10,12H,1-2H3,(H2,21,22,23,24). The van der Waals surface area contributed by atoms with E-state index in [1.165, 1.54) is 6.33 Å². The first-order chi connectivity index (χ1) is 12.7. The zero-order chi connectivity index (χ0) is 18.4. The lowest BCUT2D eigenvalue weighted by Crippen LogP contribution is -2.00. The molecule has 0 aliphatic carbocycles. The highest BCUT2D eigenvalue weighted by molar-refractivity contribution is 5.68. The molecule has 130 valence electrons. The van der Waals surface area contributed by atoms with Crippen molar-refractivity contribution in [2.24, 2.45) is 0 Å². The van der Waals surface area contributed by atoms with Gasteiger partial charge in [-0.2, -0.15) is 5.26 Å². The highest BCUT2D eigenvalue weighted by Crippen LogP contribution is 2.31. The van der Waals surface area contributed by atoms with E-state index in [4.69, 9.17) is 14.7 Å². The molecular weight excluding hydrogens is 330 g/mol. The number of anilines is 4. The molecule has 0 radical (unpaired) electrons. The van der Waals surface area contributed by atoms with Crippen LogP contribution in [0.15, 0.2) is 54.9 Å². The minimum absolute atomic E-state index is 0.573. The normalized spacial score (nSPS) is 9.88. The van der Waals surface area contributed by atoms with E-state index in [0.29, 0.717) is 28.7 Å². The highest BCUT2D eigenvalue weighted by atomic mass is 16.5. The van der Waals surface area contributed by atoms with Crippen molar-refractivity contribution >= 4 is 23.0 Å². The fourth-order valence-corrected chi connectivity index (χ4v) is 2.36. The van der Waals surface area contributed by atoms with Crippen molar-refractivity contribution in [1.82, 2.24) is 9.97 Å². The number of hydrogen-bond donors (Lipinski definition) is 2. The van der Waals surface area contributed by atoms with Crippen molar-refractivity contribution in [2.75, 3.05) is 24.9 Å². The molecule has 0 fully saturated rings. The predicted octanol–water partition coefficient (Wildman–Crippen LogP) is 3.85. The number of ether oxygens (including phenoxy) is 2. The van der Waals surface area contributed by atoms with Gasteiger partial charge >= 0.3 is 0 Å². The Morgan fingerprint density at radius 2 is 1.73 bits per heavy atom. The Morgan fingerprint density at radius 1 is 0.923 bits per heavy atom. The third kappa shape index (κ3) is 3.99. The van der Waals surface area contributed by atoms with Gasteiger partial charge in [-0.15, -0.1) is 0 Å². The lowest BCUT2D eigenvalue weighted by atomic mass is 10.2. The third-order valence-corrected chi connectivity index (χ3v) is 3.60. The molecule has 7 heteroatoms. The number of aromatic nitrogens is 2. The molecular formula is C19H17N5O2. The van der Waals surface area contributed by atoms with Crippen molar-refractivity contribution in [2.45, 2.75) is 0 Å². The second-order valence-corrected chi connectivity index (χ2v) is 5.30. The third-order valence-electron chi connectivity index (χ3n) is 3.60. The first-order valence-corrected chi connectivity index (χ1v) is 7.80. The molecule has 1 heterocycles. The van der Waals surface area contributed by atoms with Crippen molar-refractivity contribution in [1.29, 1.82) is 5.26 Å². The molecule has 0 atom stereocenters. The van der Waals surface area contributed by atoms with E-state index in [-0.39, 0.29) is 0 Å². The smallest absolute Gasteiger partial charge is 0.142 e. The number of benzene rings is 2. The number of hydrogen-bond acceptors (Lipinski definition) is 7. The van der Waals surface area contributed by atoms with Crippen LogP contribution in [0.3, 0.4) is 0 Å². The first kappa shape index (κ1) is 17.0. The summed E-state index contributed by atoms with van der Waals surface area (Å²) in [5.41, 5.74) is 2.07. The van der Waals surface area contributed by atoms with Gasteiger partial charge in [0.2, 0.25) is 0 Å². The SMILES string of the molecule is COc1ccc(OC)c(Nc2cc(Nc3cccc(C#N)c3)ncn2)c1. The second kappa shape index (κ2) is 7.85. The van der Waals surface area contributed by atoms with Crippen LogP contribution in [0.2, 0.25) is 0 Å². The van der Waals surface area contributed by atoms with E-state index < -0.39 is 0 Å². The number of nitrogens with one attached hydrogen (secondary N) is 2. The van der Waals surface area contributed by atoms with E-state index in [2.05, 4.69) is 26.7 Å². The summed E-state index contributed by atoms with van der Waals surface area (Å²) in [5.74, 6) is 2.56. The van der Waals surface area contributed by atoms with Crippen LogP contribution in [0.25, 0.3) is 0 Å². The lowest BCUT2D eigenvalue weighted by molar-refractivity contribution is 0.405. The maximum absolute atomic E-state index is 8.99. The molecule has 0 saturated carbocycles. The van der Waals surface area contributed by atoms with Crippen LogP contribution in [0.4, 0.5) is 23.0 Å². The number of nitriles is 1. The van der Waals surface area contributed by atoms with Crippen LogP contribution in [-0.4, -0.2) is 24.2 Å². The van der Waals surface area contributed by atoms with Gasteiger partial charge in [-0.1, -0.05) is 6.07 Å². The largest absolute Gasteiger partial charge is 0.497 e. The van der Waals surface area contributed by atoms with Gasteiger partial charge < -0.3 is 20.1 Å². The topological polar surface area (TPSA) is 92.1 Å². The van der Waals surface area contributed by atoms with E-state index in [9.17, 15) is 0 Å². The van der Waals surface area contributed by atoms with Crippen molar-refractivity contribution in [3.63, 3.8) is 0 Å². The quantitative estimate of drug-likeness (QED) is 0.699. The number of rotatable bonds is 6. The molecule has 0 aliphatic heterocycles. The minimum atomic E-state index is 0.573. The zero-order valence-electron chi connectivity index (χ0n) is 14.4. The van der Waals surface area contributed by atoms with Gasteiger partial charge in [-0.3, -0.25) is 0 Å². The fourth-order valence-electron chi connectivity index (χ4n) is 2.36. The second-order valence-electron chi connectivity index (χ2n) is 5.30. The molecule has 3 rings (SSSR count). The molecule has 1 aromatic heterocycles. The lowest BCUT2D eigenvalue weighted by Gasteiger charge is -2.13. The van der Waals surface area contributed by atoms with E-state index >= 15 is 0 Å². The summed E-state index contributed by atoms with van der Waals surface area (Å²) in [7, 11) is 3.20. The van der Waals surface area contributed by atoms with Gasteiger partial charge in [-0.05, 0) is 30.3 Å². The number of methoxy groups -OCH3 is 2. The first-order valence-electron chi connectivity index (χ1n) is 7.80. The summed E-state index contributed by atoms with van der Waals surface area (Å²) in [5, 5.41) is 15.3. The van der Waals surface area contributed by atoms with Gasteiger partial charge in [-0.25, -0.2) is 9.97 Å². The summed E-state index contributed by atoms with van der Waals surface area (Å²) in [4.78, 5) is 8.44. The van der Waals surface area contributed by atoms with Crippen LogP contribution in [0.1, 0.15) is 5.56 Å². The van der Waals surface area contributed by atoms with E-state index in [0.717, 1.165) is 11.4 Å². The Kier molecular flexibility index (Phi) is 5.15. The van der Waals surface area contributed by atoms with Crippen molar-refractivity contribution in [3.05, 3.63) is 60.4 Å². The average molecular weight is 347 g/mol. The zero-order valence-corrected chi connectivity index (χ0v) is 14.4. The van der Waals surface area contributed by atoms with Crippen LogP contribution in [-0.2, 0) is 0 Å². The molecule has 0 unspecified atom stereocenters. The molecule has 2 aromatic carbocycles. The summed E-state index contributed by atoms with van der Waals surface area (Å²) >= 11 is 0. The molecule has 0 bridgehead atoms. The molecule has 26 heavy (non-hydrogen) atoms. The molecule has 0 spiro atoms. The summed E-state index contributed by atoms with van der Waals surface area (Å²) in [6.45, 7) is 0. The number of nitrogens with zero attached hydrogens (tertiary/aromatic N) is 3. The van der Waals surface area contributed by atoms with E-state index in [1.807, 2.05) is 30.3 Å². The highest BCUT2D eigenvalue weighted by Gasteiger charge is 2.07. The van der Waals surface area contributed by atoms with Gasteiger partial charge in [0.25, 0.3) is 0 Å². The van der Waals surface area contributed by atoms with Crippen LogP contribution in [0, 0.1) is 11.3 Å². The maximum Gasteiger partial charge on any atom is 0.142 e. The summed E-state index contributed by atoms with van der Waals surface area (Å²) in [6.07, 6.45) is 1.45. The molecule has 2 N–H and O–H groups in total.